The van der Waals surface area contributed by atoms with E-state index >= 15 is 0 Å². The van der Waals surface area contributed by atoms with Crippen molar-refractivity contribution >= 4 is 5.96 Å². The average Bonchev–Trinajstić information content (AvgIpc) is 2.95. The molecule has 0 aliphatic rings. The lowest BCUT2D eigenvalue weighted by Crippen LogP contribution is -2.42. The first-order chi connectivity index (χ1) is 12.9. The van der Waals surface area contributed by atoms with Crippen molar-refractivity contribution in [3.05, 3.63) is 11.6 Å². The smallest absolute Gasteiger partial charge is 0.191 e. The Morgan fingerprint density at radius 3 is 2.56 bits per heavy atom. The summed E-state index contributed by atoms with van der Waals surface area (Å²) in [7, 11) is 1.97. The minimum Gasteiger partial charge on any atom is -0.382 e. The van der Waals surface area contributed by atoms with Gasteiger partial charge in [-0.15, -0.1) is 10.2 Å². The molecule has 1 aromatic rings. The number of guanidine groups is 1. The molecule has 0 amide bonds. The van der Waals surface area contributed by atoms with Gasteiger partial charge in [-0.05, 0) is 32.1 Å². The van der Waals surface area contributed by atoms with Crippen LogP contribution in [0.25, 0.3) is 0 Å². The Morgan fingerprint density at radius 1 is 1.15 bits per heavy atom. The number of nitrogens with zero attached hydrogens (tertiary/aromatic N) is 4. The van der Waals surface area contributed by atoms with E-state index in [0.717, 1.165) is 50.3 Å². The van der Waals surface area contributed by atoms with E-state index in [1.807, 2.05) is 25.5 Å². The third-order valence-corrected chi connectivity index (χ3v) is 4.71. The fourth-order valence-corrected chi connectivity index (χ4v) is 2.70. The fraction of sp³-hybridized carbons (Fsp3) is 0.850. The van der Waals surface area contributed by atoms with Gasteiger partial charge in [0, 0.05) is 33.4 Å². The van der Waals surface area contributed by atoms with E-state index in [-0.39, 0.29) is 5.41 Å². The Labute approximate surface area is 165 Å². The zero-order valence-electron chi connectivity index (χ0n) is 18.3. The van der Waals surface area contributed by atoms with E-state index in [1.54, 1.807) is 0 Å². The molecule has 0 atom stereocenters. The first-order valence-electron chi connectivity index (χ1n) is 10.3. The second-order valence-corrected chi connectivity index (χ2v) is 7.84. The number of nitrogens with one attached hydrogen (secondary N) is 2. The summed E-state index contributed by atoms with van der Waals surface area (Å²) < 4.78 is 7.39. The Kier molecular flexibility index (Phi) is 11.0. The Morgan fingerprint density at radius 2 is 1.93 bits per heavy atom. The number of aryl methyl sites for hydroxylation is 1. The van der Waals surface area contributed by atoms with E-state index < -0.39 is 0 Å². The van der Waals surface area contributed by atoms with Crippen LogP contribution in [0.5, 0.6) is 0 Å². The summed E-state index contributed by atoms with van der Waals surface area (Å²) in [5.41, 5.74) is 0.240. The molecule has 1 heterocycles. The van der Waals surface area contributed by atoms with Crippen LogP contribution in [-0.2, 0) is 18.3 Å². The van der Waals surface area contributed by atoms with E-state index in [9.17, 15) is 0 Å². The number of ether oxygens (including phenoxy) is 1. The minimum atomic E-state index is 0.240. The van der Waals surface area contributed by atoms with Gasteiger partial charge in [-0.1, -0.05) is 40.0 Å². The van der Waals surface area contributed by atoms with Gasteiger partial charge in [-0.2, -0.15) is 0 Å². The van der Waals surface area contributed by atoms with Crippen LogP contribution in [0.2, 0.25) is 0 Å². The average molecular weight is 381 g/mol. The molecule has 7 heteroatoms. The van der Waals surface area contributed by atoms with Crippen molar-refractivity contribution in [1.29, 1.82) is 0 Å². The lowest BCUT2D eigenvalue weighted by atomic mass is 9.87. The molecule has 1 aromatic heterocycles. The maximum absolute atomic E-state index is 5.41. The van der Waals surface area contributed by atoms with Gasteiger partial charge >= 0.3 is 0 Å². The molecule has 2 N–H and O–H groups in total. The monoisotopic (exact) mass is 380 g/mol. The Balaban J connectivity index is 2.60. The van der Waals surface area contributed by atoms with Gasteiger partial charge in [-0.25, -0.2) is 4.99 Å². The van der Waals surface area contributed by atoms with Crippen LogP contribution in [0.3, 0.4) is 0 Å². The van der Waals surface area contributed by atoms with Crippen LogP contribution >= 0.6 is 0 Å². The van der Waals surface area contributed by atoms with E-state index in [4.69, 9.17) is 9.73 Å². The molecular weight excluding hydrogens is 340 g/mol. The number of aliphatic imine (C=N–C) groups is 1. The summed E-state index contributed by atoms with van der Waals surface area (Å²) in [5.74, 6) is 2.59. The summed E-state index contributed by atoms with van der Waals surface area (Å²) in [5, 5.41) is 15.2. The molecule has 0 aliphatic carbocycles. The molecule has 0 aliphatic heterocycles. The van der Waals surface area contributed by atoms with Gasteiger partial charge in [0.05, 0.1) is 0 Å². The molecule has 156 valence electrons. The van der Waals surface area contributed by atoms with Crippen molar-refractivity contribution in [3.63, 3.8) is 0 Å². The van der Waals surface area contributed by atoms with E-state index in [0.29, 0.717) is 6.54 Å². The maximum atomic E-state index is 5.41. The summed E-state index contributed by atoms with van der Waals surface area (Å²) >= 11 is 0. The SMILES string of the molecule is CCCCCC(C)(C)CNC(=NCc1nnc(C)n1C)NCCCOCC. The van der Waals surface area contributed by atoms with Crippen molar-refractivity contribution in [1.82, 2.24) is 25.4 Å². The topological polar surface area (TPSA) is 76.4 Å². The van der Waals surface area contributed by atoms with Crippen LogP contribution < -0.4 is 10.6 Å². The summed E-state index contributed by atoms with van der Waals surface area (Å²) in [4.78, 5) is 4.72. The van der Waals surface area contributed by atoms with Gasteiger partial charge in [-0.3, -0.25) is 0 Å². The molecule has 0 radical (unpaired) electrons. The Bertz CT molecular complexity index is 553. The van der Waals surface area contributed by atoms with Crippen molar-refractivity contribution < 1.29 is 4.74 Å². The number of aromatic nitrogens is 3. The first kappa shape index (κ1) is 23.4. The molecule has 1 rings (SSSR count). The third-order valence-electron chi connectivity index (χ3n) is 4.71. The molecule has 7 nitrogen and oxygen atoms in total. The molecule has 0 aromatic carbocycles. The lowest BCUT2D eigenvalue weighted by molar-refractivity contribution is 0.145. The zero-order valence-corrected chi connectivity index (χ0v) is 18.3. The molecule has 0 bridgehead atoms. The summed E-state index contributed by atoms with van der Waals surface area (Å²) in [6, 6.07) is 0. The van der Waals surface area contributed by atoms with Gasteiger partial charge < -0.3 is 19.9 Å². The number of unbranched alkanes of at least 4 members (excludes halogenated alkanes) is 2. The molecule has 0 spiro atoms. The quantitative estimate of drug-likeness (QED) is 0.312. The summed E-state index contributed by atoms with van der Waals surface area (Å²) in [6.07, 6.45) is 6.00. The molecule has 0 fully saturated rings. The van der Waals surface area contributed by atoms with E-state index in [1.165, 1.54) is 25.7 Å². The van der Waals surface area contributed by atoms with Gasteiger partial charge in [0.2, 0.25) is 0 Å². The van der Waals surface area contributed by atoms with Crippen molar-refractivity contribution in [2.24, 2.45) is 17.5 Å². The van der Waals surface area contributed by atoms with Crippen LogP contribution in [0.1, 0.15) is 71.4 Å². The highest BCUT2D eigenvalue weighted by molar-refractivity contribution is 5.79. The molecular formula is C20H40N6O. The second kappa shape index (κ2) is 12.7. The van der Waals surface area contributed by atoms with Gasteiger partial charge in [0.15, 0.2) is 11.8 Å². The summed E-state index contributed by atoms with van der Waals surface area (Å²) in [6.45, 7) is 14.6. The first-order valence-corrected chi connectivity index (χ1v) is 10.3. The largest absolute Gasteiger partial charge is 0.382 e. The van der Waals surface area contributed by atoms with Gasteiger partial charge in [0.25, 0.3) is 0 Å². The minimum absolute atomic E-state index is 0.240. The molecule has 27 heavy (non-hydrogen) atoms. The second-order valence-electron chi connectivity index (χ2n) is 7.84. The highest BCUT2D eigenvalue weighted by Gasteiger charge is 2.17. The van der Waals surface area contributed by atoms with Crippen LogP contribution in [0.4, 0.5) is 0 Å². The fourth-order valence-electron chi connectivity index (χ4n) is 2.70. The van der Waals surface area contributed by atoms with Crippen molar-refractivity contribution in [2.45, 2.75) is 73.3 Å². The Hall–Kier alpha value is -1.63. The normalized spacial score (nSPS) is 12.4. The number of rotatable bonds is 13. The predicted molar refractivity (Wildman–Crippen MR) is 112 cm³/mol. The standard InChI is InChI=1S/C20H40N6O/c1-7-9-10-12-20(4,5)16-23-19(21-13-11-14-27-8-2)22-15-18-25-24-17(3)26(18)6/h7-16H2,1-6H3,(H2,21,22,23). The predicted octanol–water partition coefficient (Wildman–Crippen LogP) is 3.19. The van der Waals surface area contributed by atoms with Crippen molar-refractivity contribution in [2.75, 3.05) is 26.3 Å². The maximum Gasteiger partial charge on any atom is 0.191 e. The molecule has 0 saturated carbocycles. The lowest BCUT2D eigenvalue weighted by Gasteiger charge is -2.26. The van der Waals surface area contributed by atoms with Gasteiger partial charge in [0.1, 0.15) is 12.4 Å². The highest BCUT2D eigenvalue weighted by atomic mass is 16.5. The molecule has 0 unspecified atom stereocenters. The van der Waals surface area contributed by atoms with Crippen LogP contribution in [-0.4, -0.2) is 47.0 Å². The van der Waals surface area contributed by atoms with Crippen LogP contribution in [0, 0.1) is 12.3 Å². The third kappa shape index (κ3) is 9.75. The van der Waals surface area contributed by atoms with Crippen LogP contribution in [0.15, 0.2) is 4.99 Å². The van der Waals surface area contributed by atoms with Crippen molar-refractivity contribution in [3.8, 4) is 0 Å². The van der Waals surface area contributed by atoms with E-state index in [2.05, 4.69) is 41.6 Å². The highest BCUT2D eigenvalue weighted by Crippen LogP contribution is 2.22. The number of hydrogen-bond donors (Lipinski definition) is 2. The zero-order chi connectivity index (χ0) is 20.1. The number of hydrogen-bond acceptors (Lipinski definition) is 4. The molecule has 0 saturated heterocycles.